The summed E-state index contributed by atoms with van der Waals surface area (Å²) >= 11 is 0. The van der Waals surface area contributed by atoms with Crippen LogP contribution in [0.3, 0.4) is 0 Å². The summed E-state index contributed by atoms with van der Waals surface area (Å²) in [6.45, 7) is 0. The summed E-state index contributed by atoms with van der Waals surface area (Å²) < 4.78 is 49.9. The third kappa shape index (κ3) is 3.24. The Morgan fingerprint density at radius 2 is 1.92 bits per heavy atom. The molecule has 26 heavy (non-hydrogen) atoms. The van der Waals surface area contributed by atoms with Crippen molar-refractivity contribution in [2.24, 2.45) is 0 Å². The molecule has 3 rings (SSSR count). The smallest absolute Gasteiger partial charge is 0.419 e. The van der Waals surface area contributed by atoms with E-state index in [1.807, 2.05) is 0 Å². The predicted molar refractivity (Wildman–Crippen MR) is 76.7 cm³/mol. The lowest BCUT2D eigenvalue weighted by Gasteiger charge is -2.12. The molecule has 0 aliphatic carbocycles. The van der Waals surface area contributed by atoms with Crippen LogP contribution in [0.25, 0.3) is 5.69 Å². The molecule has 0 N–H and O–H groups in total. The molecule has 0 amide bonds. The van der Waals surface area contributed by atoms with Gasteiger partial charge in [-0.15, -0.1) is 0 Å². The van der Waals surface area contributed by atoms with Crippen LogP contribution in [0.1, 0.15) is 16.1 Å². The largest absolute Gasteiger partial charge is 0.437 e. The van der Waals surface area contributed by atoms with Gasteiger partial charge < -0.3 is 9.26 Å². The number of hydrogen-bond donors (Lipinski definition) is 0. The third-order valence-corrected chi connectivity index (χ3v) is 3.18. The highest BCUT2D eigenvalue weighted by molar-refractivity contribution is 5.90. The maximum atomic E-state index is 13.4. The second-order valence-corrected chi connectivity index (χ2v) is 4.84. The number of nitro groups is 1. The number of hydrogen-bond acceptors (Lipinski definition) is 7. The molecule has 0 radical (unpaired) electrons. The van der Waals surface area contributed by atoms with E-state index in [4.69, 9.17) is 4.74 Å². The zero-order valence-corrected chi connectivity index (χ0v) is 12.5. The summed E-state index contributed by atoms with van der Waals surface area (Å²) in [5.74, 6) is -1.94. The molecule has 0 saturated heterocycles. The minimum atomic E-state index is -4.91. The van der Waals surface area contributed by atoms with Crippen molar-refractivity contribution >= 4 is 11.7 Å². The molecule has 0 aliphatic rings. The van der Waals surface area contributed by atoms with Crippen LogP contribution in [0, 0.1) is 10.1 Å². The Kier molecular flexibility index (Phi) is 4.16. The van der Waals surface area contributed by atoms with Gasteiger partial charge in [-0.05, 0) is 12.1 Å². The van der Waals surface area contributed by atoms with Gasteiger partial charge in [0.25, 0.3) is 5.69 Å². The number of halogens is 3. The van der Waals surface area contributed by atoms with E-state index < -0.39 is 28.5 Å². The summed E-state index contributed by atoms with van der Waals surface area (Å²) in [6, 6.07) is 4.23. The lowest BCUT2D eigenvalue weighted by molar-refractivity contribution is -0.384. The number of rotatable bonds is 4. The van der Waals surface area contributed by atoms with Gasteiger partial charge >= 0.3 is 12.1 Å². The Bertz CT molecular complexity index is 948. The fourth-order valence-electron chi connectivity index (χ4n) is 2.04. The van der Waals surface area contributed by atoms with Gasteiger partial charge in [-0.2, -0.15) is 18.3 Å². The number of benzene rings is 1. The van der Waals surface area contributed by atoms with Crippen LogP contribution in [-0.4, -0.2) is 25.8 Å². The van der Waals surface area contributed by atoms with Crippen LogP contribution in [0.5, 0.6) is 5.75 Å². The molecule has 0 unspecified atom stereocenters. The Labute approximate surface area is 141 Å². The molecule has 9 nitrogen and oxygen atoms in total. The molecule has 1 aromatic carbocycles. The van der Waals surface area contributed by atoms with Crippen molar-refractivity contribution in [3.63, 3.8) is 0 Å². The molecule has 0 spiro atoms. The van der Waals surface area contributed by atoms with Crippen LogP contribution >= 0.6 is 0 Å². The molecule has 0 fully saturated rings. The van der Waals surface area contributed by atoms with Gasteiger partial charge in [-0.3, -0.25) is 10.1 Å². The number of alkyl halides is 3. The molecule has 2 heterocycles. The van der Waals surface area contributed by atoms with Gasteiger partial charge in [0.2, 0.25) is 0 Å². The van der Waals surface area contributed by atoms with Gasteiger partial charge in [-0.25, -0.2) is 9.48 Å². The van der Waals surface area contributed by atoms with Crippen LogP contribution in [-0.2, 0) is 6.18 Å². The Morgan fingerprint density at radius 3 is 2.46 bits per heavy atom. The number of non-ortho nitro benzene ring substituents is 1. The second-order valence-electron chi connectivity index (χ2n) is 4.84. The van der Waals surface area contributed by atoms with Crippen molar-refractivity contribution in [1.82, 2.24) is 14.9 Å². The minimum Gasteiger partial charge on any atom is -0.419 e. The Morgan fingerprint density at radius 1 is 1.23 bits per heavy atom. The van der Waals surface area contributed by atoms with E-state index in [1.54, 1.807) is 0 Å². The standard InChI is InChI=1S/C14H7F3N4O5/c15-14(16,17)12-11(26-13(22)8-5-19-25-7-8)6-18-20(12)9-1-3-10(4-2-9)21(23)24/h1-7H. The first kappa shape index (κ1) is 17.1. The SMILES string of the molecule is O=C(Oc1cnn(-c2ccc([N+](=O)[O-])cc2)c1C(F)(F)F)c1cnoc1. The topological polar surface area (TPSA) is 113 Å². The summed E-state index contributed by atoms with van der Waals surface area (Å²) in [5, 5.41) is 17.5. The Balaban J connectivity index is 2.00. The van der Waals surface area contributed by atoms with E-state index in [0.29, 0.717) is 4.68 Å². The Hall–Kier alpha value is -3.70. The van der Waals surface area contributed by atoms with Crippen molar-refractivity contribution in [3.8, 4) is 11.4 Å². The van der Waals surface area contributed by atoms with E-state index in [2.05, 4.69) is 14.8 Å². The first-order chi connectivity index (χ1) is 12.3. The second kappa shape index (κ2) is 6.31. The van der Waals surface area contributed by atoms with Crippen LogP contribution in [0.15, 0.2) is 47.4 Å². The zero-order valence-electron chi connectivity index (χ0n) is 12.5. The highest BCUT2D eigenvalue weighted by Crippen LogP contribution is 2.38. The fourth-order valence-corrected chi connectivity index (χ4v) is 2.04. The number of nitro benzene ring substituents is 1. The molecular weight excluding hydrogens is 361 g/mol. The molecule has 2 aromatic heterocycles. The van der Waals surface area contributed by atoms with E-state index in [9.17, 15) is 28.1 Å². The predicted octanol–water partition coefficient (Wildman–Crippen LogP) is 3.01. The van der Waals surface area contributed by atoms with Gasteiger partial charge in [0.1, 0.15) is 11.8 Å². The molecule has 0 bridgehead atoms. The molecule has 0 aliphatic heterocycles. The van der Waals surface area contributed by atoms with E-state index in [0.717, 1.165) is 42.9 Å². The highest BCUT2D eigenvalue weighted by atomic mass is 19.4. The summed E-state index contributed by atoms with van der Waals surface area (Å²) in [6.07, 6.45) is -2.30. The maximum absolute atomic E-state index is 13.4. The number of carbonyl (C=O) groups is 1. The van der Waals surface area contributed by atoms with Crippen LogP contribution < -0.4 is 4.74 Å². The first-order valence-corrected chi connectivity index (χ1v) is 6.79. The van der Waals surface area contributed by atoms with E-state index >= 15 is 0 Å². The summed E-state index contributed by atoms with van der Waals surface area (Å²) in [5.41, 5.74) is -1.93. The van der Waals surface area contributed by atoms with Crippen molar-refractivity contribution in [1.29, 1.82) is 0 Å². The quantitative estimate of drug-likeness (QED) is 0.395. The average molecular weight is 368 g/mol. The number of esters is 1. The van der Waals surface area contributed by atoms with Crippen molar-refractivity contribution < 1.29 is 32.1 Å². The molecule has 3 aromatic rings. The van der Waals surface area contributed by atoms with E-state index in [-0.39, 0.29) is 16.9 Å². The average Bonchev–Trinajstić information content (AvgIpc) is 3.24. The molecule has 0 saturated carbocycles. The van der Waals surface area contributed by atoms with E-state index in [1.165, 1.54) is 0 Å². The monoisotopic (exact) mass is 368 g/mol. The molecule has 134 valence electrons. The van der Waals surface area contributed by atoms with Gasteiger partial charge in [0.05, 0.1) is 23.0 Å². The van der Waals surface area contributed by atoms with Crippen molar-refractivity contribution in [2.75, 3.05) is 0 Å². The fraction of sp³-hybridized carbons (Fsp3) is 0.0714. The number of aromatic nitrogens is 3. The minimum absolute atomic E-state index is 0.102. The lowest BCUT2D eigenvalue weighted by Crippen LogP contribution is -2.16. The van der Waals surface area contributed by atoms with Gasteiger partial charge in [-0.1, -0.05) is 5.16 Å². The summed E-state index contributed by atoms with van der Waals surface area (Å²) in [4.78, 5) is 21.8. The lowest BCUT2D eigenvalue weighted by atomic mass is 10.2. The number of nitrogens with zero attached hydrogens (tertiary/aromatic N) is 4. The van der Waals surface area contributed by atoms with Crippen molar-refractivity contribution in [2.45, 2.75) is 6.18 Å². The van der Waals surface area contributed by atoms with Gasteiger partial charge in [0.15, 0.2) is 11.4 Å². The van der Waals surface area contributed by atoms with Crippen LogP contribution in [0.4, 0.5) is 18.9 Å². The molecular formula is C14H7F3N4O5. The third-order valence-electron chi connectivity index (χ3n) is 3.18. The van der Waals surface area contributed by atoms with Gasteiger partial charge in [0, 0.05) is 12.1 Å². The summed E-state index contributed by atoms with van der Waals surface area (Å²) in [7, 11) is 0. The zero-order chi connectivity index (χ0) is 18.9. The van der Waals surface area contributed by atoms with Crippen LogP contribution in [0.2, 0.25) is 0 Å². The first-order valence-electron chi connectivity index (χ1n) is 6.79. The van der Waals surface area contributed by atoms with Crippen molar-refractivity contribution in [3.05, 3.63) is 64.3 Å². The highest BCUT2D eigenvalue weighted by Gasteiger charge is 2.40. The molecule has 12 heteroatoms. The number of carbonyl (C=O) groups excluding carboxylic acids is 1. The normalized spacial score (nSPS) is 11.3. The maximum Gasteiger partial charge on any atom is 0.437 e. The number of ether oxygens (including phenoxy) is 1. The molecule has 0 atom stereocenters.